The number of alkyl halides is 6. The molecule has 12 heteroatoms. The quantitative estimate of drug-likeness (QED) is 0.147. The summed E-state index contributed by atoms with van der Waals surface area (Å²) < 4.78 is 81.5. The summed E-state index contributed by atoms with van der Waals surface area (Å²) in [6.45, 7) is 0. The van der Waals surface area contributed by atoms with Crippen LogP contribution in [0.3, 0.4) is 0 Å². The largest absolute Gasteiger partial charge is 0.416 e. The first-order valence-corrected chi connectivity index (χ1v) is 11.5. The van der Waals surface area contributed by atoms with Gasteiger partial charge in [-0.25, -0.2) is 4.98 Å². The molecule has 0 aliphatic heterocycles. The lowest BCUT2D eigenvalue weighted by Gasteiger charge is -2.18. The lowest BCUT2D eigenvalue weighted by Crippen LogP contribution is -2.23. The van der Waals surface area contributed by atoms with Crippen molar-refractivity contribution in [2.24, 2.45) is 0 Å². The first kappa shape index (κ1) is 25.4. The highest BCUT2D eigenvalue weighted by Gasteiger charge is 2.37. The lowest BCUT2D eigenvalue weighted by atomic mass is 10.1. The predicted octanol–water partition coefficient (Wildman–Crippen LogP) is 8.02. The molecule has 1 heterocycles. The van der Waals surface area contributed by atoms with Gasteiger partial charge >= 0.3 is 12.4 Å². The molecular formula is C23H12Cl2F6N2OS. The molecule has 4 aromatic rings. The number of thioether (sulfide) groups is 1. The van der Waals surface area contributed by atoms with Gasteiger partial charge in [0, 0.05) is 15.8 Å². The van der Waals surface area contributed by atoms with Gasteiger partial charge in [-0.3, -0.25) is 9.36 Å². The van der Waals surface area contributed by atoms with Gasteiger partial charge < -0.3 is 0 Å². The third-order valence-corrected chi connectivity index (χ3v) is 6.66. The molecule has 0 saturated heterocycles. The van der Waals surface area contributed by atoms with Gasteiger partial charge in [-0.15, -0.1) is 0 Å². The highest BCUT2D eigenvalue weighted by molar-refractivity contribution is 7.98. The van der Waals surface area contributed by atoms with Crippen LogP contribution in [0.4, 0.5) is 26.3 Å². The van der Waals surface area contributed by atoms with Crippen LogP contribution in [-0.2, 0) is 18.1 Å². The maximum absolute atomic E-state index is 13.5. The summed E-state index contributed by atoms with van der Waals surface area (Å²) in [5, 5.41) is 0.506. The van der Waals surface area contributed by atoms with E-state index in [0.29, 0.717) is 27.7 Å². The summed E-state index contributed by atoms with van der Waals surface area (Å²) in [5.41, 5.74) is -3.85. The number of benzene rings is 3. The molecule has 0 spiro atoms. The van der Waals surface area contributed by atoms with E-state index in [1.807, 2.05) is 0 Å². The number of hydrogen-bond acceptors (Lipinski definition) is 3. The number of fused-ring (bicyclic) bond motifs is 1. The third-order valence-electron chi connectivity index (χ3n) is 4.98. The molecule has 0 unspecified atom stereocenters. The van der Waals surface area contributed by atoms with Crippen molar-refractivity contribution in [2.75, 3.05) is 0 Å². The predicted molar refractivity (Wildman–Crippen MR) is 123 cm³/mol. The highest BCUT2D eigenvalue weighted by atomic mass is 35.5. The fourth-order valence-corrected chi connectivity index (χ4v) is 5.07. The monoisotopic (exact) mass is 548 g/mol. The second-order valence-corrected chi connectivity index (χ2v) is 9.06. The van der Waals surface area contributed by atoms with Crippen LogP contribution in [0, 0.1) is 0 Å². The molecule has 0 radical (unpaired) electrons. The number of para-hydroxylation sites is 1. The minimum absolute atomic E-state index is 0.000651. The molecule has 0 N–H and O–H groups in total. The summed E-state index contributed by atoms with van der Waals surface area (Å²) in [6.07, 6.45) is -10.2. The Kier molecular flexibility index (Phi) is 6.82. The maximum atomic E-state index is 13.5. The molecule has 0 saturated carbocycles. The van der Waals surface area contributed by atoms with Crippen molar-refractivity contribution in [3.63, 3.8) is 0 Å². The maximum Gasteiger partial charge on any atom is 0.416 e. The topological polar surface area (TPSA) is 34.9 Å². The zero-order valence-corrected chi connectivity index (χ0v) is 19.5. The minimum Gasteiger partial charge on any atom is -0.268 e. The molecule has 1 aromatic heterocycles. The van der Waals surface area contributed by atoms with Crippen LogP contribution in [0.25, 0.3) is 16.6 Å². The molecule has 3 nitrogen and oxygen atoms in total. The number of rotatable bonds is 4. The number of aromatic nitrogens is 2. The van der Waals surface area contributed by atoms with Gasteiger partial charge in [-0.05, 0) is 48.0 Å². The van der Waals surface area contributed by atoms with E-state index >= 15 is 0 Å². The van der Waals surface area contributed by atoms with E-state index < -0.39 is 34.7 Å². The molecule has 4 rings (SSSR count). The summed E-state index contributed by atoms with van der Waals surface area (Å²) in [7, 11) is 0. The fourth-order valence-electron chi connectivity index (χ4n) is 3.31. The molecule has 0 aliphatic rings. The normalized spacial score (nSPS) is 12.3. The van der Waals surface area contributed by atoms with Crippen molar-refractivity contribution in [2.45, 2.75) is 23.3 Å². The molecule has 0 bridgehead atoms. The Morgan fingerprint density at radius 3 is 1.97 bits per heavy atom. The number of halogens is 8. The number of hydrogen-bond donors (Lipinski definition) is 0. The minimum atomic E-state index is -5.08. The van der Waals surface area contributed by atoms with Crippen molar-refractivity contribution < 1.29 is 26.3 Å². The van der Waals surface area contributed by atoms with Gasteiger partial charge in [0.1, 0.15) is 0 Å². The fraction of sp³-hybridized carbons (Fsp3) is 0.130. The van der Waals surface area contributed by atoms with Crippen LogP contribution >= 0.6 is 35.0 Å². The average Bonchev–Trinajstić information content (AvgIpc) is 2.77. The van der Waals surface area contributed by atoms with E-state index in [2.05, 4.69) is 4.98 Å². The van der Waals surface area contributed by atoms with Crippen LogP contribution in [0.1, 0.15) is 16.7 Å². The first-order valence-electron chi connectivity index (χ1n) is 9.73. The Bertz CT molecular complexity index is 1430. The zero-order chi connectivity index (χ0) is 25.5. The van der Waals surface area contributed by atoms with Gasteiger partial charge in [0.2, 0.25) is 0 Å². The molecule has 0 fully saturated rings. The summed E-state index contributed by atoms with van der Waals surface area (Å²) in [6, 6.07) is 11.8. The van der Waals surface area contributed by atoms with E-state index in [1.54, 1.807) is 24.3 Å². The number of nitrogens with zero attached hydrogens (tertiary/aromatic N) is 2. The highest BCUT2D eigenvalue weighted by Crippen LogP contribution is 2.38. The Morgan fingerprint density at radius 1 is 0.829 bits per heavy atom. The van der Waals surface area contributed by atoms with Crippen LogP contribution in [0.5, 0.6) is 0 Å². The van der Waals surface area contributed by atoms with E-state index in [9.17, 15) is 31.1 Å². The summed E-state index contributed by atoms with van der Waals surface area (Å²) in [5.74, 6) is 0.0500. The van der Waals surface area contributed by atoms with Gasteiger partial charge in [0.15, 0.2) is 5.16 Å². The zero-order valence-electron chi connectivity index (χ0n) is 17.2. The van der Waals surface area contributed by atoms with Crippen LogP contribution in [0.15, 0.2) is 70.6 Å². The van der Waals surface area contributed by atoms with Crippen LogP contribution in [-0.4, -0.2) is 9.55 Å². The Labute approximate surface area is 208 Å². The molecule has 3 aromatic carbocycles. The van der Waals surface area contributed by atoms with Crippen LogP contribution < -0.4 is 5.56 Å². The van der Waals surface area contributed by atoms with Gasteiger partial charge in [0.25, 0.3) is 5.56 Å². The van der Waals surface area contributed by atoms with E-state index in [0.717, 1.165) is 16.3 Å². The smallest absolute Gasteiger partial charge is 0.268 e. The standard InChI is InChI=1S/C23H12Cl2F6N2OS/c24-17-5-3-6-18(25)16(17)11-35-21-32-19-7-2-1-4-15(19)20(34)33(21)14-9-12(22(26,27)28)8-13(10-14)23(29,30)31/h1-10H,11H2. The molecular weight excluding hydrogens is 537 g/mol. The molecule has 0 atom stereocenters. The van der Waals surface area contributed by atoms with E-state index in [1.165, 1.54) is 18.2 Å². The summed E-state index contributed by atoms with van der Waals surface area (Å²) in [4.78, 5) is 17.7. The average molecular weight is 549 g/mol. The lowest BCUT2D eigenvalue weighted by molar-refractivity contribution is -0.143. The third kappa shape index (κ3) is 5.29. The summed E-state index contributed by atoms with van der Waals surface area (Å²) >= 11 is 13.3. The van der Waals surface area contributed by atoms with Crippen molar-refractivity contribution in [1.29, 1.82) is 0 Å². The second-order valence-electron chi connectivity index (χ2n) is 7.31. The first-order chi connectivity index (χ1) is 16.4. The van der Waals surface area contributed by atoms with Gasteiger partial charge in [0.05, 0.1) is 27.7 Å². The van der Waals surface area contributed by atoms with E-state index in [4.69, 9.17) is 23.2 Å². The van der Waals surface area contributed by atoms with Crippen molar-refractivity contribution >= 4 is 45.9 Å². The molecule has 0 aliphatic carbocycles. The Hall–Kier alpha value is -2.69. The molecule has 0 amide bonds. The molecule has 35 heavy (non-hydrogen) atoms. The Morgan fingerprint density at radius 2 is 1.40 bits per heavy atom. The molecule has 182 valence electrons. The van der Waals surface area contributed by atoms with Gasteiger partial charge in [-0.2, -0.15) is 26.3 Å². The van der Waals surface area contributed by atoms with Crippen molar-refractivity contribution in [1.82, 2.24) is 9.55 Å². The Balaban J connectivity index is 1.96. The van der Waals surface area contributed by atoms with E-state index in [-0.39, 0.29) is 27.9 Å². The second kappa shape index (κ2) is 9.40. The van der Waals surface area contributed by atoms with Crippen LogP contribution in [0.2, 0.25) is 10.0 Å². The van der Waals surface area contributed by atoms with Crippen molar-refractivity contribution in [3.8, 4) is 5.69 Å². The van der Waals surface area contributed by atoms with Gasteiger partial charge in [-0.1, -0.05) is 53.2 Å². The SMILES string of the molecule is O=c1c2ccccc2nc(SCc2c(Cl)cccc2Cl)n1-c1cc(C(F)(F)F)cc(C(F)(F)F)c1. The van der Waals surface area contributed by atoms with Crippen molar-refractivity contribution in [3.05, 3.63) is 97.8 Å².